The average Bonchev–Trinajstić information content (AvgIpc) is 3.26. The van der Waals surface area contributed by atoms with E-state index in [0.717, 1.165) is 33.9 Å². The van der Waals surface area contributed by atoms with E-state index in [1.54, 1.807) is 18.3 Å². The van der Waals surface area contributed by atoms with Gasteiger partial charge in [0.05, 0.1) is 0 Å². The molecule has 2 heterocycles. The zero-order valence-electron chi connectivity index (χ0n) is 18.7. The Balaban J connectivity index is 1.51. The lowest BCUT2D eigenvalue weighted by Gasteiger charge is -2.33. The summed E-state index contributed by atoms with van der Waals surface area (Å²) >= 11 is 0. The maximum Gasteiger partial charge on any atom is 0.240 e. The van der Waals surface area contributed by atoms with Gasteiger partial charge >= 0.3 is 0 Å². The number of piperidine rings is 1. The minimum absolute atomic E-state index is 0.207. The lowest BCUT2D eigenvalue weighted by molar-refractivity contribution is -0.130. The van der Waals surface area contributed by atoms with Crippen LogP contribution >= 0.6 is 0 Å². The summed E-state index contributed by atoms with van der Waals surface area (Å²) in [6.45, 7) is 0.239. The number of benzene rings is 2. The molecule has 0 unspecified atom stereocenters. The molecule has 0 radical (unpaired) electrons. The number of primary amides is 1. The Kier molecular flexibility index (Phi) is 7.14. The summed E-state index contributed by atoms with van der Waals surface area (Å²) in [4.78, 5) is 28.5. The molecule has 0 aliphatic carbocycles. The van der Waals surface area contributed by atoms with Gasteiger partial charge in [-0.1, -0.05) is 55.0 Å². The first-order valence-electron chi connectivity index (χ1n) is 11.2. The number of rotatable bonds is 8. The number of carbonyl (C=O) groups is 2. The Morgan fingerprint density at radius 1 is 1.12 bits per heavy atom. The van der Waals surface area contributed by atoms with Crippen molar-refractivity contribution in [3.63, 3.8) is 0 Å². The van der Waals surface area contributed by atoms with Gasteiger partial charge in [0, 0.05) is 35.5 Å². The van der Waals surface area contributed by atoms with E-state index in [2.05, 4.69) is 10.3 Å². The molecular formula is C25H28N4O4S. The van der Waals surface area contributed by atoms with Crippen LogP contribution in [-0.4, -0.2) is 48.1 Å². The lowest BCUT2D eigenvalue weighted by atomic mass is 10.0. The fourth-order valence-electron chi connectivity index (χ4n) is 4.29. The number of para-hydroxylation sites is 1. The Morgan fingerprint density at radius 2 is 1.85 bits per heavy atom. The molecule has 178 valence electrons. The van der Waals surface area contributed by atoms with Crippen molar-refractivity contribution in [1.82, 2.24) is 14.6 Å². The number of nitrogens with one attached hydrogen (secondary N) is 2. The Bertz CT molecular complexity index is 1300. The number of hydrogen-bond donors (Lipinski definition) is 3. The molecule has 1 saturated heterocycles. The molecule has 8 nitrogen and oxygen atoms in total. The van der Waals surface area contributed by atoms with Crippen molar-refractivity contribution in [2.45, 2.75) is 37.8 Å². The summed E-state index contributed by atoms with van der Waals surface area (Å²) in [5, 5.41) is 4.78. The minimum atomic E-state index is -3.84. The van der Waals surface area contributed by atoms with Crippen molar-refractivity contribution in [3.8, 4) is 0 Å². The molecule has 4 rings (SSSR count). The topological polar surface area (TPSA) is 125 Å². The van der Waals surface area contributed by atoms with Gasteiger partial charge in [-0.3, -0.25) is 9.59 Å². The molecule has 2 aromatic carbocycles. The summed E-state index contributed by atoms with van der Waals surface area (Å²) in [5.74, 6) is -1.19. The highest BCUT2D eigenvalue weighted by atomic mass is 32.2. The first-order valence-corrected chi connectivity index (χ1v) is 12.7. The summed E-state index contributed by atoms with van der Waals surface area (Å²) in [6.07, 6.45) is 5.27. The molecule has 2 amide bonds. The number of fused-ring (bicyclic) bond motifs is 1. The van der Waals surface area contributed by atoms with Crippen LogP contribution in [-0.2, 0) is 26.0 Å². The number of aromatic nitrogens is 1. The van der Waals surface area contributed by atoms with Gasteiger partial charge in [0.2, 0.25) is 21.8 Å². The number of nitrogens with zero attached hydrogens (tertiary/aromatic N) is 1. The Labute approximate surface area is 198 Å². The minimum Gasteiger partial charge on any atom is -0.368 e. The normalized spacial score (nSPS) is 18.2. The van der Waals surface area contributed by atoms with Crippen LogP contribution in [0.2, 0.25) is 0 Å². The maximum atomic E-state index is 13.2. The molecule has 1 aromatic heterocycles. The van der Waals surface area contributed by atoms with Gasteiger partial charge < -0.3 is 16.0 Å². The van der Waals surface area contributed by atoms with E-state index in [4.69, 9.17) is 5.73 Å². The predicted octanol–water partition coefficient (Wildman–Crippen LogP) is 2.54. The lowest BCUT2D eigenvalue weighted by Crippen LogP contribution is -2.55. The van der Waals surface area contributed by atoms with Crippen LogP contribution < -0.4 is 11.1 Å². The second kappa shape index (κ2) is 10.2. The molecule has 0 bridgehead atoms. The van der Waals surface area contributed by atoms with E-state index in [0.29, 0.717) is 12.8 Å². The van der Waals surface area contributed by atoms with Gasteiger partial charge in [0.1, 0.15) is 12.1 Å². The highest BCUT2D eigenvalue weighted by Gasteiger charge is 2.37. The third-order valence-electron chi connectivity index (χ3n) is 6.07. The molecule has 2 atom stereocenters. The van der Waals surface area contributed by atoms with Gasteiger partial charge in [-0.05, 0) is 36.1 Å². The van der Waals surface area contributed by atoms with Crippen molar-refractivity contribution in [2.24, 2.45) is 5.73 Å². The molecule has 9 heteroatoms. The molecule has 1 aliphatic rings. The molecule has 3 aromatic rings. The van der Waals surface area contributed by atoms with Crippen molar-refractivity contribution in [1.29, 1.82) is 0 Å². The molecular weight excluding hydrogens is 452 g/mol. The number of sulfonamides is 1. The quantitative estimate of drug-likeness (QED) is 0.458. The molecule has 1 aliphatic heterocycles. The van der Waals surface area contributed by atoms with Crippen LogP contribution in [0.4, 0.5) is 0 Å². The van der Waals surface area contributed by atoms with Crippen LogP contribution in [0, 0.1) is 0 Å². The standard InChI is InChI=1S/C25H28N4O4S/c26-24(30)22(16-19-17-27-21-11-5-4-10-20(19)21)28-25(31)23-12-6-7-14-29(23)34(32,33)15-13-18-8-2-1-3-9-18/h1-5,8-11,13,15,17,22-23,27H,6-7,12,14,16H2,(H2,26,30)(H,28,31)/t22-,23-/m0/s1. The molecule has 1 fully saturated rings. The summed E-state index contributed by atoms with van der Waals surface area (Å²) in [7, 11) is -3.84. The van der Waals surface area contributed by atoms with E-state index in [1.807, 2.05) is 42.5 Å². The second-order valence-electron chi connectivity index (χ2n) is 8.41. The SMILES string of the molecule is NC(=O)[C@H](Cc1c[nH]c2ccccc12)NC(=O)[C@@H]1CCCCN1S(=O)(=O)C=Cc1ccccc1. The van der Waals surface area contributed by atoms with Gasteiger partial charge in [-0.2, -0.15) is 4.31 Å². The van der Waals surface area contributed by atoms with E-state index >= 15 is 0 Å². The summed E-state index contributed by atoms with van der Waals surface area (Å²) in [5.41, 5.74) is 8.11. The second-order valence-corrected chi connectivity index (χ2v) is 10.2. The maximum absolute atomic E-state index is 13.2. The Hall–Kier alpha value is -3.43. The van der Waals surface area contributed by atoms with Gasteiger partial charge in [-0.25, -0.2) is 8.42 Å². The van der Waals surface area contributed by atoms with Gasteiger partial charge in [0.25, 0.3) is 0 Å². The molecule has 4 N–H and O–H groups in total. The zero-order valence-corrected chi connectivity index (χ0v) is 19.5. The monoisotopic (exact) mass is 480 g/mol. The predicted molar refractivity (Wildman–Crippen MR) is 132 cm³/mol. The number of nitrogens with two attached hydrogens (primary N) is 1. The number of hydrogen-bond acceptors (Lipinski definition) is 4. The van der Waals surface area contributed by atoms with E-state index < -0.39 is 33.9 Å². The smallest absolute Gasteiger partial charge is 0.240 e. The van der Waals surface area contributed by atoms with Crippen molar-refractivity contribution < 1.29 is 18.0 Å². The van der Waals surface area contributed by atoms with Crippen LogP contribution in [0.5, 0.6) is 0 Å². The first-order chi connectivity index (χ1) is 16.3. The average molecular weight is 481 g/mol. The summed E-state index contributed by atoms with van der Waals surface area (Å²) in [6, 6.07) is 14.9. The van der Waals surface area contributed by atoms with Crippen LogP contribution in [0.3, 0.4) is 0 Å². The highest BCUT2D eigenvalue weighted by molar-refractivity contribution is 7.92. The fraction of sp³-hybridized carbons (Fsp3) is 0.280. The molecule has 0 saturated carbocycles. The number of carbonyl (C=O) groups excluding carboxylic acids is 2. The highest BCUT2D eigenvalue weighted by Crippen LogP contribution is 2.23. The van der Waals surface area contributed by atoms with Crippen LogP contribution in [0.1, 0.15) is 30.4 Å². The number of aromatic amines is 1. The Morgan fingerprint density at radius 3 is 2.62 bits per heavy atom. The third kappa shape index (κ3) is 5.37. The van der Waals surface area contributed by atoms with Crippen LogP contribution in [0.25, 0.3) is 17.0 Å². The van der Waals surface area contributed by atoms with Crippen molar-refractivity contribution in [2.75, 3.05) is 6.54 Å². The summed E-state index contributed by atoms with van der Waals surface area (Å²) < 4.78 is 27.3. The zero-order chi connectivity index (χ0) is 24.1. The number of amides is 2. The van der Waals surface area contributed by atoms with E-state index in [-0.39, 0.29) is 13.0 Å². The van der Waals surface area contributed by atoms with E-state index in [9.17, 15) is 18.0 Å². The van der Waals surface area contributed by atoms with Gasteiger partial charge in [0.15, 0.2) is 0 Å². The van der Waals surface area contributed by atoms with Gasteiger partial charge in [-0.15, -0.1) is 0 Å². The third-order valence-corrected chi connectivity index (χ3v) is 7.64. The number of H-pyrrole nitrogens is 1. The van der Waals surface area contributed by atoms with Crippen molar-refractivity contribution in [3.05, 3.63) is 77.3 Å². The first kappa shape index (κ1) is 23.7. The fourth-order valence-corrected chi connectivity index (χ4v) is 5.71. The molecule has 34 heavy (non-hydrogen) atoms. The largest absolute Gasteiger partial charge is 0.368 e. The van der Waals surface area contributed by atoms with Crippen LogP contribution in [0.15, 0.2) is 66.2 Å². The molecule has 0 spiro atoms. The van der Waals surface area contributed by atoms with Crippen molar-refractivity contribution >= 4 is 38.8 Å². The van der Waals surface area contributed by atoms with E-state index in [1.165, 1.54) is 10.4 Å².